The van der Waals surface area contributed by atoms with Crippen molar-refractivity contribution in [1.29, 1.82) is 0 Å². The summed E-state index contributed by atoms with van der Waals surface area (Å²) in [5, 5.41) is 7.83. The molecule has 0 fully saturated rings. The Labute approximate surface area is 165 Å². The van der Waals surface area contributed by atoms with Gasteiger partial charge in [0.1, 0.15) is 5.15 Å². The van der Waals surface area contributed by atoms with Crippen molar-refractivity contribution in [3.05, 3.63) is 40.2 Å². The number of hydrogen-bond donors (Lipinski definition) is 1. The number of rotatable bonds is 7. The van der Waals surface area contributed by atoms with Gasteiger partial charge < -0.3 is 14.8 Å². The Hall–Kier alpha value is -2.47. The van der Waals surface area contributed by atoms with Crippen LogP contribution in [0.3, 0.4) is 0 Å². The maximum atomic E-state index is 12.4. The van der Waals surface area contributed by atoms with E-state index >= 15 is 0 Å². The van der Waals surface area contributed by atoms with Crippen LogP contribution in [0.15, 0.2) is 18.2 Å². The van der Waals surface area contributed by atoms with E-state index in [1.165, 1.54) is 6.08 Å². The molecule has 1 aromatic carbocycles. The Morgan fingerprint density at radius 2 is 1.89 bits per heavy atom. The number of halogens is 1. The molecule has 0 aliphatic carbocycles. The number of nitrogens with one attached hydrogen (secondary N) is 1. The molecule has 1 aromatic heterocycles. The summed E-state index contributed by atoms with van der Waals surface area (Å²) in [4.78, 5) is 12.4. The number of anilines is 1. The molecule has 7 heteroatoms. The number of aromatic nitrogens is 2. The van der Waals surface area contributed by atoms with Gasteiger partial charge in [-0.3, -0.25) is 9.48 Å². The van der Waals surface area contributed by atoms with Crippen molar-refractivity contribution in [1.82, 2.24) is 9.78 Å². The fourth-order valence-electron chi connectivity index (χ4n) is 2.67. The second-order valence-corrected chi connectivity index (χ2v) is 7.07. The van der Waals surface area contributed by atoms with E-state index in [-0.39, 0.29) is 5.91 Å². The van der Waals surface area contributed by atoms with Crippen LogP contribution in [0.2, 0.25) is 5.15 Å². The van der Waals surface area contributed by atoms with E-state index in [2.05, 4.69) is 24.3 Å². The highest BCUT2D eigenvalue weighted by molar-refractivity contribution is 6.31. The van der Waals surface area contributed by atoms with Gasteiger partial charge in [0.25, 0.3) is 0 Å². The lowest BCUT2D eigenvalue weighted by Crippen LogP contribution is -2.09. The van der Waals surface area contributed by atoms with Crippen molar-refractivity contribution in [2.24, 2.45) is 5.92 Å². The van der Waals surface area contributed by atoms with Crippen LogP contribution in [0.5, 0.6) is 11.5 Å². The monoisotopic (exact) mass is 391 g/mol. The highest BCUT2D eigenvalue weighted by atomic mass is 35.5. The first-order chi connectivity index (χ1) is 12.8. The van der Waals surface area contributed by atoms with Crippen LogP contribution < -0.4 is 14.8 Å². The van der Waals surface area contributed by atoms with Gasteiger partial charge in [0.05, 0.1) is 19.9 Å². The molecule has 27 heavy (non-hydrogen) atoms. The lowest BCUT2D eigenvalue weighted by Gasteiger charge is -2.12. The highest BCUT2D eigenvalue weighted by Gasteiger charge is 2.13. The van der Waals surface area contributed by atoms with Crippen LogP contribution in [0.25, 0.3) is 6.08 Å². The Morgan fingerprint density at radius 3 is 2.48 bits per heavy atom. The first-order valence-corrected chi connectivity index (χ1v) is 9.09. The molecule has 146 valence electrons. The number of carbonyl (C=O) groups excluding carboxylic acids is 1. The van der Waals surface area contributed by atoms with Crippen molar-refractivity contribution in [2.75, 3.05) is 19.5 Å². The fourth-order valence-corrected chi connectivity index (χ4v) is 2.98. The summed E-state index contributed by atoms with van der Waals surface area (Å²) in [7, 11) is 3.13. The molecule has 0 radical (unpaired) electrons. The van der Waals surface area contributed by atoms with E-state index in [1.54, 1.807) is 31.0 Å². The van der Waals surface area contributed by atoms with Crippen molar-refractivity contribution in [2.45, 2.75) is 34.2 Å². The molecule has 1 heterocycles. The molecule has 0 aliphatic heterocycles. The number of aryl methyl sites for hydroxylation is 2. The van der Waals surface area contributed by atoms with Crippen molar-refractivity contribution in [3.63, 3.8) is 0 Å². The summed E-state index contributed by atoms with van der Waals surface area (Å²) in [5.41, 5.74) is 3.05. The minimum absolute atomic E-state index is 0.266. The summed E-state index contributed by atoms with van der Waals surface area (Å²) in [5.74, 6) is 1.33. The quantitative estimate of drug-likeness (QED) is 0.707. The lowest BCUT2D eigenvalue weighted by molar-refractivity contribution is -0.111. The normalized spacial score (nSPS) is 11.3. The summed E-state index contributed by atoms with van der Waals surface area (Å²) in [6.45, 7) is 8.69. The molecule has 0 saturated carbocycles. The zero-order valence-corrected chi connectivity index (χ0v) is 17.3. The largest absolute Gasteiger partial charge is 0.493 e. The molecular weight excluding hydrogens is 366 g/mol. The summed E-state index contributed by atoms with van der Waals surface area (Å²) in [6, 6.07) is 3.55. The third kappa shape index (κ3) is 5.04. The van der Waals surface area contributed by atoms with Gasteiger partial charge in [-0.1, -0.05) is 25.4 Å². The molecule has 2 aromatic rings. The molecule has 0 spiro atoms. The number of carbonyl (C=O) groups is 1. The average molecular weight is 392 g/mol. The maximum Gasteiger partial charge on any atom is 0.248 e. The van der Waals surface area contributed by atoms with Gasteiger partial charge in [-0.2, -0.15) is 5.10 Å². The van der Waals surface area contributed by atoms with E-state index < -0.39 is 0 Å². The smallest absolute Gasteiger partial charge is 0.248 e. The van der Waals surface area contributed by atoms with Crippen LogP contribution >= 0.6 is 11.6 Å². The number of ether oxygens (including phenoxy) is 2. The van der Waals surface area contributed by atoms with Gasteiger partial charge in [-0.05, 0) is 37.5 Å². The predicted molar refractivity (Wildman–Crippen MR) is 109 cm³/mol. The Kier molecular flexibility index (Phi) is 6.91. The van der Waals surface area contributed by atoms with Gasteiger partial charge >= 0.3 is 0 Å². The van der Waals surface area contributed by atoms with Gasteiger partial charge in [0.2, 0.25) is 5.91 Å². The van der Waals surface area contributed by atoms with Crippen LogP contribution in [0.4, 0.5) is 5.69 Å². The second-order valence-electron chi connectivity index (χ2n) is 6.71. The molecule has 0 saturated heterocycles. The van der Waals surface area contributed by atoms with E-state index in [0.29, 0.717) is 28.3 Å². The van der Waals surface area contributed by atoms with Gasteiger partial charge in [-0.25, -0.2) is 0 Å². The van der Waals surface area contributed by atoms with Crippen LogP contribution in [0.1, 0.15) is 30.7 Å². The van der Waals surface area contributed by atoms with Crippen molar-refractivity contribution < 1.29 is 14.3 Å². The topological polar surface area (TPSA) is 65.4 Å². The van der Waals surface area contributed by atoms with Gasteiger partial charge in [0.15, 0.2) is 11.5 Å². The lowest BCUT2D eigenvalue weighted by atomic mass is 10.1. The minimum atomic E-state index is -0.266. The first kappa shape index (κ1) is 20.8. The molecule has 1 N–H and O–H groups in total. The standard InChI is InChI=1S/C20H26ClN3O3/c1-12(2)11-24-20(21)15(14(4)23-24)7-8-19(25)22-16-10-18(27-6)17(26-5)9-13(16)3/h7-10,12H,11H2,1-6H3,(H,22,25)/b8-7+. The zero-order chi connectivity index (χ0) is 20.1. The molecular formula is C20H26ClN3O3. The van der Waals surface area contributed by atoms with Crippen molar-refractivity contribution in [3.8, 4) is 11.5 Å². The molecule has 0 bridgehead atoms. The molecule has 2 rings (SSSR count). The molecule has 0 unspecified atom stereocenters. The third-order valence-corrected chi connectivity index (χ3v) is 4.44. The fraction of sp³-hybridized carbons (Fsp3) is 0.400. The number of nitrogens with zero attached hydrogens (tertiary/aromatic N) is 2. The Morgan fingerprint density at radius 1 is 1.26 bits per heavy atom. The van der Waals surface area contributed by atoms with E-state index in [9.17, 15) is 4.79 Å². The van der Waals surface area contributed by atoms with E-state index in [0.717, 1.165) is 23.4 Å². The summed E-state index contributed by atoms with van der Waals surface area (Å²) < 4.78 is 12.3. The summed E-state index contributed by atoms with van der Waals surface area (Å²) >= 11 is 6.40. The van der Waals surface area contributed by atoms with Crippen LogP contribution in [-0.4, -0.2) is 29.9 Å². The third-order valence-electron chi connectivity index (χ3n) is 4.04. The highest BCUT2D eigenvalue weighted by Crippen LogP contribution is 2.33. The van der Waals surface area contributed by atoms with Gasteiger partial charge in [0, 0.05) is 29.9 Å². The minimum Gasteiger partial charge on any atom is -0.493 e. The second kappa shape index (κ2) is 8.95. The maximum absolute atomic E-state index is 12.4. The van der Waals surface area contributed by atoms with Crippen LogP contribution in [-0.2, 0) is 11.3 Å². The molecule has 1 amide bonds. The van der Waals surface area contributed by atoms with Crippen LogP contribution in [0, 0.1) is 19.8 Å². The predicted octanol–water partition coefficient (Wildman–Crippen LogP) is 4.48. The average Bonchev–Trinajstić information content (AvgIpc) is 2.87. The number of amides is 1. The SMILES string of the molecule is COc1cc(C)c(NC(=O)/C=C/c2c(C)nn(CC(C)C)c2Cl)cc1OC. The first-order valence-electron chi connectivity index (χ1n) is 8.71. The van der Waals surface area contributed by atoms with Gasteiger partial charge in [-0.15, -0.1) is 0 Å². The molecule has 0 atom stereocenters. The van der Waals surface area contributed by atoms with E-state index in [1.807, 2.05) is 19.9 Å². The summed E-state index contributed by atoms with van der Waals surface area (Å²) in [6.07, 6.45) is 3.14. The number of methoxy groups -OCH3 is 2. The number of hydrogen-bond acceptors (Lipinski definition) is 4. The molecule has 6 nitrogen and oxygen atoms in total. The number of benzene rings is 1. The zero-order valence-electron chi connectivity index (χ0n) is 16.6. The van der Waals surface area contributed by atoms with E-state index in [4.69, 9.17) is 21.1 Å². The van der Waals surface area contributed by atoms with Crippen molar-refractivity contribution >= 4 is 29.3 Å². The molecule has 0 aliphatic rings. The Balaban J connectivity index is 2.18. The Bertz CT molecular complexity index is 857.